The van der Waals surface area contributed by atoms with Crippen LogP contribution in [-0.2, 0) is 14.4 Å². The molecule has 7 nitrogen and oxygen atoms in total. The van der Waals surface area contributed by atoms with Gasteiger partial charge in [0.05, 0.1) is 5.97 Å². The van der Waals surface area contributed by atoms with Crippen LogP contribution in [0.3, 0.4) is 0 Å². The van der Waals surface area contributed by atoms with Crippen LogP contribution in [0.2, 0.25) is 0 Å². The maximum atomic E-state index is 9.86. The van der Waals surface area contributed by atoms with Crippen LogP contribution < -0.4 is 110 Å². The molecule has 0 aliphatic rings. The van der Waals surface area contributed by atoms with Gasteiger partial charge in [0.2, 0.25) is 0 Å². The summed E-state index contributed by atoms with van der Waals surface area (Å²) in [6, 6.07) is -1.21. The van der Waals surface area contributed by atoms with Crippen molar-refractivity contribution in [2.24, 2.45) is 5.73 Å². The van der Waals surface area contributed by atoms with Crippen LogP contribution in [0.1, 0.15) is 19.8 Å². The van der Waals surface area contributed by atoms with Crippen LogP contribution in [0.25, 0.3) is 0 Å². The van der Waals surface area contributed by atoms with E-state index < -0.39 is 23.9 Å². The van der Waals surface area contributed by atoms with Gasteiger partial charge in [0.15, 0.2) is 0 Å². The number of carbonyl (C=O) groups is 3. The fraction of sp³-hybridized carbons (Fsp3) is 0.571. The maximum Gasteiger partial charge on any atom is 1.00 e. The monoisotopic (exact) mass is 273 g/mol. The minimum atomic E-state index is -1.44. The Kier molecular flexibility index (Phi) is 35.9. The second kappa shape index (κ2) is 19.7. The quantitative estimate of drug-likeness (QED) is 0.500. The normalized spacial score (nSPS) is 8.82. The third-order valence-corrected chi connectivity index (χ3v) is 0.962. The molecule has 0 saturated heterocycles. The van der Waals surface area contributed by atoms with Gasteiger partial charge in [-0.2, -0.15) is 0 Å². The van der Waals surface area contributed by atoms with E-state index in [-0.39, 0.29) is 102 Å². The first-order chi connectivity index (χ1) is 6.27. The van der Waals surface area contributed by atoms with Crippen molar-refractivity contribution in [2.75, 3.05) is 0 Å². The molecule has 0 heterocycles. The van der Waals surface area contributed by atoms with Crippen LogP contribution in [-0.4, -0.2) is 23.9 Å². The SMILES string of the molecule is CC(=O)[O-].N[C@@H](CCC(=O)[O-])C(=O)[O-].[Na+].[Na+].[Na+]. The van der Waals surface area contributed by atoms with Gasteiger partial charge in [0, 0.05) is 18.0 Å². The van der Waals surface area contributed by atoms with E-state index in [4.69, 9.17) is 15.6 Å². The number of carboxylic acid groups (broad SMARTS) is 3. The third-order valence-electron chi connectivity index (χ3n) is 0.962. The molecule has 2 N–H and O–H groups in total. The number of carboxylic acids is 3. The molecule has 1 atom stereocenters. The topological polar surface area (TPSA) is 146 Å². The average Bonchev–Trinajstić information content (AvgIpc) is 1.98. The van der Waals surface area contributed by atoms with Crippen LogP contribution in [0.5, 0.6) is 0 Å². The van der Waals surface area contributed by atoms with Crippen molar-refractivity contribution in [1.82, 2.24) is 0 Å². The van der Waals surface area contributed by atoms with E-state index >= 15 is 0 Å². The summed E-state index contributed by atoms with van der Waals surface area (Å²) in [6.45, 7) is 0.972. The van der Waals surface area contributed by atoms with Crippen molar-refractivity contribution in [3.8, 4) is 0 Å². The molecule has 0 spiro atoms. The van der Waals surface area contributed by atoms with Gasteiger partial charge in [0.1, 0.15) is 0 Å². The van der Waals surface area contributed by atoms with E-state index in [9.17, 15) is 19.8 Å². The molecule has 0 aromatic heterocycles. The molecule has 17 heavy (non-hydrogen) atoms. The molecule has 0 saturated carbocycles. The predicted molar refractivity (Wildman–Crippen MR) is 37.9 cm³/mol. The Labute approximate surface area is 165 Å². The van der Waals surface area contributed by atoms with E-state index in [1.807, 2.05) is 0 Å². The summed E-state index contributed by atoms with van der Waals surface area (Å²) < 4.78 is 0. The molecule has 0 bridgehead atoms. The first kappa shape index (κ1) is 31.0. The fourth-order valence-corrected chi connectivity index (χ4v) is 0.391. The molecule has 0 aromatic carbocycles. The molecule has 0 rings (SSSR count). The summed E-state index contributed by atoms with van der Waals surface area (Å²) in [6.07, 6.45) is -0.500. The maximum absolute atomic E-state index is 9.86. The first-order valence-corrected chi connectivity index (χ1v) is 3.61. The van der Waals surface area contributed by atoms with Crippen molar-refractivity contribution in [1.29, 1.82) is 0 Å². The molecule has 0 aromatic rings. The standard InChI is InChI=1S/C5H9NO4.C2H4O2.3Na/c6-3(5(9)10)1-2-4(7)8;1-2(3)4;;;/h3H,1-2,6H2,(H,7,8)(H,9,10);1H3,(H,3,4);;;/q;;3*+1/p-3/t3-;;;;/m0..../s1. The Balaban J connectivity index is -0.0000000607. The molecule has 82 valence electrons. The number of hydrogen-bond acceptors (Lipinski definition) is 7. The number of nitrogens with two attached hydrogens (primary N) is 1. The van der Waals surface area contributed by atoms with E-state index in [0.717, 1.165) is 6.92 Å². The predicted octanol–water partition coefficient (Wildman–Crippen LogP) is -13.6. The van der Waals surface area contributed by atoms with Crippen molar-refractivity contribution in [2.45, 2.75) is 25.8 Å². The Morgan fingerprint density at radius 2 is 1.35 bits per heavy atom. The Morgan fingerprint density at radius 3 is 1.53 bits per heavy atom. The van der Waals surface area contributed by atoms with Gasteiger partial charge in [-0.15, -0.1) is 0 Å². The van der Waals surface area contributed by atoms with Gasteiger partial charge in [-0.3, -0.25) is 0 Å². The smallest absolute Gasteiger partial charge is 0.550 e. The summed E-state index contributed by atoms with van der Waals surface area (Å²) in [4.78, 5) is 28.5. The van der Waals surface area contributed by atoms with Crippen LogP contribution in [0, 0.1) is 0 Å². The summed E-state index contributed by atoms with van der Waals surface area (Å²) in [5.41, 5.74) is 4.91. The molecule has 0 aliphatic carbocycles. The molecule has 0 unspecified atom stereocenters. The Bertz CT molecular complexity index is 222. The molecule has 0 amide bonds. The average molecular weight is 273 g/mol. The zero-order chi connectivity index (χ0) is 11.7. The van der Waals surface area contributed by atoms with Crippen molar-refractivity contribution in [3.05, 3.63) is 0 Å². The van der Waals surface area contributed by atoms with E-state index in [2.05, 4.69) is 0 Å². The van der Waals surface area contributed by atoms with Gasteiger partial charge >= 0.3 is 88.7 Å². The summed E-state index contributed by atoms with van der Waals surface area (Å²) >= 11 is 0. The van der Waals surface area contributed by atoms with Gasteiger partial charge in [0.25, 0.3) is 0 Å². The van der Waals surface area contributed by atoms with Crippen molar-refractivity contribution < 1.29 is 118 Å². The molecule has 10 heteroatoms. The molecular weight excluding hydrogens is 263 g/mol. The summed E-state index contributed by atoms with van der Waals surface area (Å²) in [5, 5.41) is 28.5. The molecular formula is C7H10NNa3O6. The molecule has 0 aliphatic heterocycles. The van der Waals surface area contributed by atoms with Crippen molar-refractivity contribution in [3.63, 3.8) is 0 Å². The zero-order valence-corrected chi connectivity index (χ0v) is 16.5. The Hall–Kier alpha value is 1.37. The van der Waals surface area contributed by atoms with Crippen LogP contribution in [0.4, 0.5) is 0 Å². The van der Waals surface area contributed by atoms with Crippen LogP contribution >= 0.6 is 0 Å². The van der Waals surface area contributed by atoms with Gasteiger partial charge < -0.3 is 35.4 Å². The Morgan fingerprint density at radius 1 is 1.06 bits per heavy atom. The molecule has 0 fully saturated rings. The molecule has 0 radical (unpaired) electrons. The van der Waals surface area contributed by atoms with Crippen LogP contribution in [0.15, 0.2) is 0 Å². The first-order valence-electron chi connectivity index (χ1n) is 3.61. The zero-order valence-electron chi connectivity index (χ0n) is 10.5. The van der Waals surface area contributed by atoms with Gasteiger partial charge in [-0.25, -0.2) is 0 Å². The third kappa shape index (κ3) is 38.2. The van der Waals surface area contributed by atoms with Gasteiger partial charge in [-0.05, 0) is 19.8 Å². The fourth-order valence-electron chi connectivity index (χ4n) is 0.391. The van der Waals surface area contributed by atoms with Gasteiger partial charge in [-0.1, -0.05) is 0 Å². The summed E-state index contributed by atoms with van der Waals surface area (Å²) in [7, 11) is 0. The number of hydrogen-bond donors (Lipinski definition) is 1. The number of carbonyl (C=O) groups excluding carboxylic acids is 3. The minimum absolute atomic E-state index is 0. The van der Waals surface area contributed by atoms with Crippen molar-refractivity contribution >= 4 is 17.9 Å². The van der Waals surface area contributed by atoms with E-state index in [0.29, 0.717) is 0 Å². The van der Waals surface area contributed by atoms with E-state index in [1.165, 1.54) is 0 Å². The van der Waals surface area contributed by atoms with E-state index in [1.54, 1.807) is 0 Å². The summed E-state index contributed by atoms with van der Waals surface area (Å²) in [5.74, 6) is -3.84. The minimum Gasteiger partial charge on any atom is -0.550 e. The second-order valence-electron chi connectivity index (χ2n) is 2.33. The second-order valence-corrected chi connectivity index (χ2v) is 2.33. The largest absolute Gasteiger partial charge is 1.00 e. The number of aliphatic carboxylic acids is 3. The number of rotatable bonds is 4.